The number of carboxylic acid groups (broad SMARTS) is 1. The van der Waals surface area contributed by atoms with Crippen LogP contribution in [0.4, 0.5) is 0 Å². The largest absolute Gasteiger partial charge is 0.490 e. The van der Waals surface area contributed by atoms with E-state index in [4.69, 9.17) is 14.2 Å². The van der Waals surface area contributed by atoms with Gasteiger partial charge in [-0.3, -0.25) is 4.79 Å². The van der Waals surface area contributed by atoms with E-state index in [2.05, 4.69) is 0 Å². The molecule has 32 heavy (non-hydrogen) atoms. The highest BCUT2D eigenvalue weighted by Crippen LogP contribution is 2.40. The Kier molecular flexibility index (Phi) is 5.69. The van der Waals surface area contributed by atoms with E-state index in [1.165, 1.54) is 4.57 Å². The van der Waals surface area contributed by atoms with Gasteiger partial charge in [-0.1, -0.05) is 24.3 Å². The van der Waals surface area contributed by atoms with E-state index in [-0.39, 0.29) is 11.3 Å². The number of hydrogen-bond acceptors (Lipinski definition) is 5. The molecule has 0 amide bonds. The van der Waals surface area contributed by atoms with Crippen LogP contribution in [0.2, 0.25) is 0 Å². The first-order valence-electron chi connectivity index (χ1n) is 10.6. The van der Waals surface area contributed by atoms with Gasteiger partial charge in [0, 0.05) is 24.4 Å². The van der Waals surface area contributed by atoms with Crippen molar-refractivity contribution >= 4 is 16.7 Å². The summed E-state index contributed by atoms with van der Waals surface area (Å²) in [5.41, 5.74) is 0.602. The number of pyridine rings is 1. The zero-order valence-electron chi connectivity index (χ0n) is 18.7. The normalized spacial score (nSPS) is 14.8. The Balaban J connectivity index is 2.06. The highest BCUT2D eigenvalue weighted by atomic mass is 16.5. The molecule has 2 aromatic carbocycles. The van der Waals surface area contributed by atoms with E-state index < -0.39 is 17.7 Å². The molecular formula is C25H27NO6. The lowest BCUT2D eigenvalue weighted by atomic mass is 9.94. The minimum Gasteiger partial charge on any atom is -0.490 e. The van der Waals surface area contributed by atoms with E-state index in [0.717, 1.165) is 12.0 Å². The Bertz CT molecular complexity index is 1240. The van der Waals surface area contributed by atoms with Crippen LogP contribution < -0.4 is 15.0 Å². The monoisotopic (exact) mass is 437 g/mol. The molecule has 3 aromatic rings. The van der Waals surface area contributed by atoms with Crippen molar-refractivity contribution in [3.63, 3.8) is 0 Å². The predicted octanol–water partition coefficient (Wildman–Crippen LogP) is 4.31. The molecule has 2 heterocycles. The number of rotatable bonds is 4. The van der Waals surface area contributed by atoms with Gasteiger partial charge in [0.1, 0.15) is 0 Å². The van der Waals surface area contributed by atoms with Crippen LogP contribution in [0.25, 0.3) is 21.9 Å². The van der Waals surface area contributed by atoms with Gasteiger partial charge in [0.2, 0.25) is 0 Å². The molecule has 1 unspecified atom stereocenters. The number of carbonyl (C=O) groups is 1. The fourth-order valence-corrected chi connectivity index (χ4v) is 3.99. The van der Waals surface area contributed by atoms with E-state index in [1.54, 1.807) is 40.0 Å². The second-order valence-corrected chi connectivity index (χ2v) is 8.83. The predicted molar refractivity (Wildman–Crippen MR) is 121 cm³/mol. The van der Waals surface area contributed by atoms with Gasteiger partial charge in [0.15, 0.2) is 17.6 Å². The lowest BCUT2D eigenvalue weighted by molar-refractivity contribution is -0.161. The first kappa shape index (κ1) is 21.9. The van der Waals surface area contributed by atoms with Crippen LogP contribution in [0.15, 0.2) is 47.3 Å². The lowest BCUT2D eigenvalue weighted by Gasteiger charge is -2.28. The fraction of sp³-hybridized carbons (Fsp3) is 0.360. The van der Waals surface area contributed by atoms with Gasteiger partial charge < -0.3 is 23.9 Å². The summed E-state index contributed by atoms with van der Waals surface area (Å²) in [5.74, 6) is 0.0657. The maximum atomic E-state index is 13.2. The minimum atomic E-state index is -1.34. The first-order valence-corrected chi connectivity index (χ1v) is 10.6. The van der Waals surface area contributed by atoms with Crippen LogP contribution in [0.1, 0.15) is 39.0 Å². The summed E-state index contributed by atoms with van der Waals surface area (Å²) >= 11 is 0. The Labute approximate surface area is 186 Å². The average molecular weight is 437 g/mol. The molecule has 1 aliphatic rings. The SMILES string of the molecule is Cn1c(C(OC(C)(C)C)C(=O)O)c(-c2ccc3c(c2)OCCCO3)c2ccccc2c1=O. The second-order valence-electron chi connectivity index (χ2n) is 8.83. The van der Waals surface area contributed by atoms with Crippen molar-refractivity contribution in [2.24, 2.45) is 7.05 Å². The second kappa shape index (κ2) is 8.31. The molecule has 0 aliphatic carbocycles. The van der Waals surface area contributed by atoms with Crippen molar-refractivity contribution in [1.82, 2.24) is 4.57 Å². The van der Waals surface area contributed by atoms with Gasteiger partial charge in [-0.2, -0.15) is 0 Å². The molecule has 0 saturated carbocycles. The van der Waals surface area contributed by atoms with Crippen LogP contribution in [0, 0.1) is 0 Å². The van der Waals surface area contributed by atoms with Crippen molar-refractivity contribution in [2.75, 3.05) is 13.2 Å². The molecule has 1 aliphatic heterocycles. The number of aromatic nitrogens is 1. The zero-order valence-corrected chi connectivity index (χ0v) is 18.7. The summed E-state index contributed by atoms with van der Waals surface area (Å²) in [5, 5.41) is 11.3. The molecular weight excluding hydrogens is 410 g/mol. The van der Waals surface area contributed by atoms with Crippen LogP contribution in [0.3, 0.4) is 0 Å². The third-order valence-electron chi connectivity index (χ3n) is 5.33. The number of aliphatic carboxylic acids is 1. The number of carboxylic acids is 1. The van der Waals surface area contributed by atoms with Gasteiger partial charge in [-0.25, -0.2) is 4.79 Å². The third-order valence-corrected chi connectivity index (χ3v) is 5.33. The van der Waals surface area contributed by atoms with Crippen LogP contribution >= 0.6 is 0 Å². The van der Waals surface area contributed by atoms with Gasteiger partial charge in [-0.15, -0.1) is 0 Å². The molecule has 1 aromatic heterocycles. The standard InChI is InChI=1S/C25H27NO6/c1-25(2,3)32-22(24(28)29)21-20(16-8-5-6-9-17(16)23(27)26(21)4)15-10-11-18-19(14-15)31-13-7-12-30-18/h5-6,8-11,14,22H,7,12-13H2,1-4H3,(H,28,29). The van der Waals surface area contributed by atoms with Crippen molar-refractivity contribution < 1.29 is 24.1 Å². The van der Waals surface area contributed by atoms with Gasteiger partial charge in [-0.05, 0) is 49.9 Å². The van der Waals surface area contributed by atoms with Crippen molar-refractivity contribution in [3.05, 3.63) is 58.5 Å². The van der Waals surface area contributed by atoms with Crippen LogP contribution in [-0.4, -0.2) is 34.5 Å². The van der Waals surface area contributed by atoms with Gasteiger partial charge >= 0.3 is 5.97 Å². The molecule has 0 saturated heterocycles. The highest BCUT2D eigenvalue weighted by Gasteiger charge is 2.33. The Morgan fingerprint density at radius 3 is 2.38 bits per heavy atom. The average Bonchev–Trinajstić information content (AvgIpc) is 2.99. The minimum absolute atomic E-state index is 0.280. The highest BCUT2D eigenvalue weighted by molar-refractivity contribution is 5.99. The maximum Gasteiger partial charge on any atom is 0.339 e. The molecule has 4 rings (SSSR count). The third kappa shape index (κ3) is 4.08. The van der Waals surface area contributed by atoms with E-state index in [9.17, 15) is 14.7 Å². The number of nitrogens with zero attached hydrogens (tertiary/aromatic N) is 1. The first-order chi connectivity index (χ1) is 15.2. The Morgan fingerprint density at radius 2 is 1.72 bits per heavy atom. The molecule has 7 heteroatoms. The smallest absolute Gasteiger partial charge is 0.339 e. The van der Waals surface area contributed by atoms with Gasteiger partial charge in [0.05, 0.1) is 24.5 Å². The summed E-state index contributed by atoms with van der Waals surface area (Å²) in [6.07, 6.45) is -0.568. The van der Waals surface area contributed by atoms with Crippen LogP contribution in [-0.2, 0) is 16.6 Å². The molecule has 7 nitrogen and oxygen atoms in total. The molecule has 0 spiro atoms. The van der Waals surface area contributed by atoms with Crippen molar-refractivity contribution in [3.8, 4) is 22.6 Å². The van der Waals surface area contributed by atoms with Crippen LogP contribution in [0.5, 0.6) is 11.5 Å². The maximum absolute atomic E-state index is 13.2. The van der Waals surface area contributed by atoms with Gasteiger partial charge in [0.25, 0.3) is 5.56 Å². The fourth-order valence-electron chi connectivity index (χ4n) is 3.99. The lowest BCUT2D eigenvalue weighted by Crippen LogP contribution is -2.32. The quantitative estimate of drug-likeness (QED) is 0.655. The molecule has 1 atom stereocenters. The Morgan fingerprint density at radius 1 is 1.06 bits per heavy atom. The topological polar surface area (TPSA) is 87.0 Å². The molecule has 168 valence electrons. The van der Waals surface area contributed by atoms with Crippen molar-refractivity contribution in [2.45, 2.75) is 38.9 Å². The summed E-state index contributed by atoms with van der Waals surface area (Å²) in [6, 6.07) is 12.7. The zero-order chi connectivity index (χ0) is 23.0. The number of benzene rings is 2. The molecule has 0 fully saturated rings. The molecule has 0 radical (unpaired) electrons. The summed E-state index contributed by atoms with van der Waals surface area (Å²) in [4.78, 5) is 25.5. The summed E-state index contributed by atoms with van der Waals surface area (Å²) in [7, 11) is 1.58. The summed E-state index contributed by atoms with van der Waals surface area (Å²) in [6.45, 7) is 6.46. The molecule has 0 bridgehead atoms. The number of ether oxygens (including phenoxy) is 3. The Hall–Kier alpha value is -3.32. The van der Waals surface area contributed by atoms with E-state index in [0.29, 0.717) is 41.0 Å². The summed E-state index contributed by atoms with van der Waals surface area (Å²) < 4.78 is 18.9. The number of hydrogen-bond donors (Lipinski definition) is 1. The van der Waals surface area contributed by atoms with Crippen molar-refractivity contribution in [1.29, 1.82) is 0 Å². The van der Waals surface area contributed by atoms with E-state index >= 15 is 0 Å². The molecule has 1 N–H and O–H groups in total. The number of fused-ring (bicyclic) bond motifs is 2. The van der Waals surface area contributed by atoms with E-state index in [1.807, 2.05) is 30.3 Å².